The van der Waals surface area contributed by atoms with Gasteiger partial charge < -0.3 is 0 Å². The predicted octanol–water partition coefficient (Wildman–Crippen LogP) is 8.09. The van der Waals surface area contributed by atoms with Crippen LogP contribution in [0.4, 0.5) is 0 Å². The molecule has 4 aromatic rings. The van der Waals surface area contributed by atoms with Crippen molar-refractivity contribution in [2.24, 2.45) is 0 Å². The van der Waals surface area contributed by atoms with Gasteiger partial charge in [0.05, 0.1) is 0 Å². The Bertz CT molecular complexity index is 1080. The Morgan fingerprint density at radius 1 is 0.481 bits per heavy atom. The maximum atomic E-state index is 2.38. The molecule has 3 aromatic carbocycles. The first kappa shape index (κ1) is 18.0. The lowest BCUT2D eigenvalue weighted by molar-refractivity contribution is 1.37. The van der Waals surface area contributed by atoms with E-state index in [2.05, 4.69) is 90.1 Å². The van der Waals surface area contributed by atoms with Crippen molar-refractivity contribution in [3.8, 4) is 20.9 Å². The van der Waals surface area contributed by atoms with Crippen molar-refractivity contribution in [2.75, 3.05) is 0 Å². The van der Waals surface area contributed by atoms with E-state index in [1.165, 1.54) is 65.0 Å². The molecule has 1 heteroatoms. The molecule has 0 amide bonds. The van der Waals surface area contributed by atoms with E-state index in [9.17, 15) is 0 Å². The number of benzene rings is 3. The summed E-state index contributed by atoms with van der Waals surface area (Å²) in [7, 11) is 0. The van der Waals surface area contributed by atoms with Gasteiger partial charge in [0.2, 0.25) is 0 Å². The molecule has 0 saturated heterocycles. The van der Waals surface area contributed by atoms with Crippen LogP contribution in [-0.2, 0) is 0 Å². The van der Waals surface area contributed by atoms with E-state index in [0.717, 1.165) is 0 Å². The number of hydrogen-bond donors (Lipinski definition) is 0. The van der Waals surface area contributed by atoms with Gasteiger partial charge in [0, 0.05) is 20.5 Å². The predicted molar refractivity (Wildman–Crippen MR) is 121 cm³/mol. The Morgan fingerprint density at radius 3 is 1.30 bits per heavy atom. The minimum absolute atomic E-state index is 1.31. The van der Waals surface area contributed by atoms with E-state index in [4.69, 9.17) is 0 Å². The van der Waals surface area contributed by atoms with E-state index < -0.39 is 0 Å². The van der Waals surface area contributed by atoms with Gasteiger partial charge in [-0.15, -0.1) is 11.3 Å². The Morgan fingerprint density at radius 2 is 0.889 bits per heavy atom. The second kappa shape index (κ2) is 6.65. The van der Waals surface area contributed by atoms with Crippen LogP contribution in [0.3, 0.4) is 0 Å². The van der Waals surface area contributed by atoms with Gasteiger partial charge in [0.1, 0.15) is 0 Å². The zero-order valence-corrected chi connectivity index (χ0v) is 17.8. The fourth-order valence-electron chi connectivity index (χ4n) is 3.76. The van der Waals surface area contributed by atoms with Crippen LogP contribution in [0.5, 0.6) is 0 Å². The molecular weight excluding hydrogens is 344 g/mol. The minimum Gasteiger partial charge on any atom is -0.134 e. The van der Waals surface area contributed by atoms with Gasteiger partial charge in [0.25, 0.3) is 0 Å². The average Bonchev–Trinajstić information content (AvgIpc) is 2.97. The monoisotopic (exact) mass is 370 g/mol. The summed E-state index contributed by atoms with van der Waals surface area (Å²) in [5.74, 6) is 0. The SMILES string of the molecule is Cc1ccc(C)c(-c2sc(-c3cc(C)ccc3C)c3cc(C)c(C)cc23)c1. The van der Waals surface area contributed by atoms with Crippen LogP contribution in [0.15, 0.2) is 48.5 Å². The Hall–Kier alpha value is -2.38. The van der Waals surface area contributed by atoms with Crippen LogP contribution >= 0.6 is 11.3 Å². The van der Waals surface area contributed by atoms with E-state index in [1.54, 1.807) is 0 Å². The van der Waals surface area contributed by atoms with Gasteiger partial charge in [-0.3, -0.25) is 0 Å². The maximum Gasteiger partial charge on any atom is 0.0430 e. The summed E-state index contributed by atoms with van der Waals surface area (Å²) in [5, 5.41) is 2.76. The Balaban J connectivity index is 2.11. The Kier molecular flexibility index (Phi) is 4.44. The molecule has 0 N–H and O–H groups in total. The van der Waals surface area contributed by atoms with E-state index in [1.807, 2.05) is 11.3 Å². The zero-order chi connectivity index (χ0) is 19.3. The fourth-order valence-corrected chi connectivity index (χ4v) is 5.19. The maximum absolute atomic E-state index is 2.38. The normalized spacial score (nSPS) is 11.3. The molecule has 0 fully saturated rings. The highest BCUT2D eigenvalue weighted by Gasteiger charge is 2.18. The van der Waals surface area contributed by atoms with Crippen LogP contribution in [0.1, 0.15) is 33.4 Å². The van der Waals surface area contributed by atoms with Crippen LogP contribution in [0.2, 0.25) is 0 Å². The molecule has 1 aromatic heterocycles. The second-order valence-electron chi connectivity index (χ2n) is 7.88. The lowest BCUT2D eigenvalue weighted by Crippen LogP contribution is -1.85. The van der Waals surface area contributed by atoms with Crippen molar-refractivity contribution < 1.29 is 0 Å². The molecular formula is C26H26S. The van der Waals surface area contributed by atoms with Crippen molar-refractivity contribution in [3.05, 3.63) is 81.9 Å². The molecule has 0 saturated carbocycles. The van der Waals surface area contributed by atoms with Crippen molar-refractivity contribution in [1.82, 2.24) is 0 Å². The Labute approximate surface area is 166 Å². The number of hydrogen-bond acceptors (Lipinski definition) is 1. The molecule has 1 heterocycles. The van der Waals surface area contributed by atoms with E-state index in [-0.39, 0.29) is 0 Å². The average molecular weight is 371 g/mol. The number of thiophene rings is 1. The standard InChI is InChI=1S/C26H26S/c1-15-7-9-17(3)21(11-15)25-23-13-19(5)20(6)14-24(23)26(27-25)22-12-16(2)8-10-18(22)4/h7-14H,1-6H3. The number of fused-ring (bicyclic) bond motifs is 1. The molecule has 136 valence electrons. The molecule has 27 heavy (non-hydrogen) atoms. The van der Waals surface area contributed by atoms with E-state index >= 15 is 0 Å². The summed E-state index contributed by atoms with van der Waals surface area (Å²) >= 11 is 1.94. The molecule has 0 bridgehead atoms. The highest BCUT2D eigenvalue weighted by molar-refractivity contribution is 7.21. The fraction of sp³-hybridized carbons (Fsp3) is 0.231. The van der Waals surface area contributed by atoms with E-state index in [0.29, 0.717) is 0 Å². The molecule has 0 nitrogen and oxygen atoms in total. The largest absolute Gasteiger partial charge is 0.134 e. The first-order valence-electron chi connectivity index (χ1n) is 9.54. The van der Waals surface area contributed by atoms with Gasteiger partial charge >= 0.3 is 0 Å². The topological polar surface area (TPSA) is 0 Å². The van der Waals surface area contributed by atoms with Crippen molar-refractivity contribution in [3.63, 3.8) is 0 Å². The highest BCUT2D eigenvalue weighted by atomic mass is 32.1. The number of aryl methyl sites for hydroxylation is 6. The summed E-state index contributed by atoms with van der Waals surface area (Å²) in [4.78, 5) is 2.79. The summed E-state index contributed by atoms with van der Waals surface area (Å²) < 4.78 is 0. The van der Waals surface area contributed by atoms with Gasteiger partial charge in [-0.2, -0.15) is 0 Å². The first-order valence-corrected chi connectivity index (χ1v) is 10.4. The number of rotatable bonds is 2. The minimum atomic E-state index is 1.31. The second-order valence-corrected chi connectivity index (χ2v) is 8.90. The summed E-state index contributed by atoms with van der Waals surface area (Å²) in [6, 6.07) is 18.3. The van der Waals surface area contributed by atoms with Gasteiger partial charge in [0.15, 0.2) is 0 Å². The molecule has 0 unspecified atom stereocenters. The van der Waals surface area contributed by atoms with Gasteiger partial charge in [-0.25, -0.2) is 0 Å². The van der Waals surface area contributed by atoms with Crippen LogP contribution in [0.25, 0.3) is 31.7 Å². The van der Waals surface area contributed by atoms with Crippen LogP contribution in [0, 0.1) is 41.5 Å². The van der Waals surface area contributed by atoms with Crippen molar-refractivity contribution >= 4 is 22.1 Å². The smallest absolute Gasteiger partial charge is 0.0430 e. The van der Waals surface area contributed by atoms with Crippen LogP contribution < -0.4 is 0 Å². The quantitative estimate of drug-likeness (QED) is 0.334. The van der Waals surface area contributed by atoms with Crippen molar-refractivity contribution in [1.29, 1.82) is 0 Å². The molecule has 0 aliphatic rings. The summed E-state index contributed by atoms with van der Waals surface area (Å²) in [5.41, 5.74) is 10.8. The third-order valence-corrected chi connectivity index (χ3v) is 6.89. The molecule has 4 rings (SSSR count). The lowest BCUT2D eigenvalue weighted by Gasteiger charge is -2.07. The third-order valence-electron chi connectivity index (χ3n) is 5.60. The van der Waals surface area contributed by atoms with Crippen LogP contribution in [-0.4, -0.2) is 0 Å². The van der Waals surface area contributed by atoms with Gasteiger partial charge in [-0.1, -0.05) is 47.5 Å². The summed E-state index contributed by atoms with van der Waals surface area (Å²) in [6.45, 7) is 13.2. The first-order chi connectivity index (χ1) is 12.8. The third kappa shape index (κ3) is 3.11. The molecule has 0 radical (unpaired) electrons. The van der Waals surface area contributed by atoms with Gasteiger partial charge in [-0.05, 0) is 87.1 Å². The molecule has 0 aliphatic heterocycles. The molecule has 0 atom stereocenters. The molecule has 0 aliphatic carbocycles. The molecule has 0 spiro atoms. The van der Waals surface area contributed by atoms with Crippen molar-refractivity contribution in [2.45, 2.75) is 41.5 Å². The lowest BCUT2D eigenvalue weighted by atomic mass is 9.96. The highest BCUT2D eigenvalue weighted by Crippen LogP contribution is 2.46. The summed E-state index contributed by atoms with van der Waals surface area (Å²) in [6.07, 6.45) is 0. The zero-order valence-electron chi connectivity index (χ0n) is 17.0.